The average Bonchev–Trinajstić information content (AvgIpc) is 3.17. The van der Waals surface area contributed by atoms with E-state index in [1.165, 1.54) is 4.90 Å². The standard InChI is InChI=1S/C17H18N2O2/c1-2-18-12-8-7-11(9-12)15(18)10-19-16(20)13-5-3-4-6-14(13)17(19)21/h3-8,11-12,15H,2,9-10H2,1H3/t11-,12+,15+/m1/s1. The molecule has 4 nitrogen and oxygen atoms in total. The van der Waals surface area contributed by atoms with E-state index in [0.29, 0.717) is 29.6 Å². The zero-order valence-corrected chi connectivity index (χ0v) is 12.0. The summed E-state index contributed by atoms with van der Waals surface area (Å²) < 4.78 is 0. The van der Waals surface area contributed by atoms with Crippen LogP contribution in [0.1, 0.15) is 34.1 Å². The van der Waals surface area contributed by atoms with Crippen molar-refractivity contribution < 1.29 is 9.59 Å². The Balaban J connectivity index is 1.61. The number of hydrogen-bond acceptors (Lipinski definition) is 3. The molecule has 0 radical (unpaired) electrons. The fourth-order valence-corrected chi connectivity index (χ4v) is 4.03. The van der Waals surface area contributed by atoms with Gasteiger partial charge in [-0.3, -0.25) is 19.4 Å². The zero-order valence-electron chi connectivity index (χ0n) is 12.0. The van der Waals surface area contributed by atoms with Gasteiger partial charge in [-0.25, -0.2) is 0 Å². The van der Waals surface area contributed by atoms with Gasteiger partial charge in [0.1, 0.15) is 0 Å². The van der Waals surface area contributed by atoms with Gasteiger partial charge >= 0.3 is 0 Å². The summed E-state index contributed by atoms with van der Waals surface area (Å²) >= 11 is 0. The summed E-state index contributed by atoms with van der Waals surface area (Å²) in [4.78, 5) is 28.8. The largest absolute Gasteiger partial charge is 0.292 e. The highest BCUT2D eigenvalue weighted by Gasteiger charge is 2.45. The van der Waals surface area contributed by atoms with Crippen LogP contribution in [0.5, 0.6) is 0 Å². The van der Waals surface area contributed by atoms with Crippen LogP contribution in [-0.4, -0.2) is 46.8 Å². The Morgan fingerprint density at radius 1 is 1.10 bits per heavy atom. The molecule has 0 N–H and O–H groups in total. The molecule has 0 saturated carbocycles. The van der Waals surface area contributed by atoms with E-state index in [1.54, 1.807) is 12.1 Å². The third kappa shape index (κ3) is 1.72. The number of rotatable bonds is 3. The molecule has 4 heteroatoms. The summed E-state index contributed by atoms with van der Waals surface area (Å²) in [6.45, 7) is 3.61. The molecule has 21 heavy (non-hydrogen) atoms. The van der Waals surface area contributed by atoms with Gasteiger partial charge in [0.15, 0.2) is 0 Å². The first-order chi connectivity index (χ1) is 10.2. The minimum Gasteiger partial charge on any atom is -0.292 e. The molecule has 1 fully saturated rings. The van der Waals surface area contributed by atoms with E-state index in [-0.39, 0.29) is 17.9 Å². The second kappa shape index (κ2) is 4.53. The zero-order chi connectivity index (χ0) is 14.6. The van der Waals surface area contributed by atoms with Crippen molar-refractivity contribution in [2.45, 2.75) is 25.4 Å². The van der Waals surface area contributed by atoms with Gasteiger partial charge in [-0.1, -0.05) is 31.2 Å². The van der Waals surface area contributed by atoms with Crippen molar-refractivity contribution >= 4 is 11.8 Å². The van der Waals surface area contributed by atoms with Gasteiger partial charge < -0.3 is 0 Å². The Hall–Kier alpha value is -1.94. The van der Waals surface area contributed by atoms with Gasteiger partial charge in [0, 0.05) is 18.6 Å². The predicted molar refractivity (Wildman–Crippen MR) is 79.0 cm³/mol. The highest BCUT2D eigenvalue weighted by molar-refractivity contribution is 6.21. The van der Waals surface area contributed by atoms with Gasteiger partial charge in [0.2, 0.25) is 0 Å². The summed E-state index contributed by atoms with van der Waals surface area (Å²) in [6, 6.07) is 7.87. The number of hydrogen-bond donors (Lipinski definition) is 0. The van der Waals surface area contributed by atoms with E-state index >= 15 is 0 Å². The van der Waals surface area contributed by atoms with Crippen LogP contribution in [0.3, 0.4) is 0 Å². The Morgan fingerprint density at radius 3 is 2.38 bits per heavy atom. The number of nitrogens with zero attached hydrogens (tertiary/aromatic N) is 2. The van der Waals surface area contributed by atoms with Crippen LogP contribution in [0.2, 0.25) is 0 Å². The van der Waals surface area contributed by atoms with Crippen LogP contribution in [0.15, 0.2) is 36.4 Å². The van der Waals surface area contributed by atoms with E-state index in [2.05, 4.69) is 24.0 Å². The molecule has 2 amide bonds. The molecule has 1 aliphatic carbocycles. The fraction of sp³-hybridized carbons (Fsp3) is 0.412. The molecule has 108 valence electrons. The number of carbonyl (C=O) groups excluding carboxylic acids is 2. The van der Waals surface area contributed by atoms with Gasteiger partial charge in [-0.15, -0.1) is 0 Å². The van der Waals surface area contributed by atoms with Crippen molar-refractivity contribution in [3.8, 4) is 0 Å². The molecule has 1 aromatic rings. The number of fused-ring (bicyclic) bond motifs is 3. The van der Waals surface area contributed by atoms with Crippen molar-refractivity contribution in [3.05, 3.63) is 47.5 Å². The third-order valence-electron chi connectivity index (χ3n) is 5.05. The molecular formula is C17H18N2O2. The van der Waals surface area contributed by atoms with Crippen molar-refractivity contribution in [1.82, 2.24) is 9.80 Å². The fourth-order valence-electron chi connectivity index (χ4n) is 4.03. The Kier molecular flexibility index (Phi) is 2.76. The minimum atomic E-state index is -0.140. The molecule has 1 aromatic carbocycles. The Bertz CT molecular complexity index is 617. The summed E-state index contributed by atoms with van der Waals surface area (Å²) in [5.41, 5.74) is 1.09. The number of likely N-dealkylation sites (tertiary alicyclic amines) is 1. The first kappa shape index (κ1) is 12.8. The van der Waals surface area contributed by atoms with Gasteiger partial charge in [0.25, 0.3) is 11.8 Å². The van der Waals surface area contributed by atoms with Crippen LogP contribution in [0, 0.1) is 5.92 Å². The summed E-state index contributed by atoms with van der Waals surface area (Å²) in [7, 11) is 0. The molecule has 4 rings (SSSR count). The number of carbonyl (C=O) groups is 2. The highest BCUT2D eigenvalue weighted by atomic mass is 16.2. The summed E-state index contributed by atoms with van der Waals surface area (Å²) in [6.07, 6.45) is 5.63. The molecular weight excluding hydrogens is 264 g/mol. The second-order valence-corrected chi connectivity index (χ2v) is 6.02. The Labute approximate surface area is 124 Å². The van der Waals surface area contributed by atoms with E-state index in [1.807, 2.05) is 12.1 Å². The van der Waals surface area contributed by atoms with Crippen molar-refractivity contribution in [2.24, 2.45) is 5.92 Å². The maximum atomic E-state index is 12.5. The quantitative estimate of drug-likeness (QED) is 0.628. The molecule has 0 spiro atoms. The molecule has 2 heterocycles. The number of amides is 2. The van der Waals surface area contributed by atoms with E-state index in [4.69, 9.17) is 0 Å². The van der Waals surface area contributed by atoms with Crippen molar-refractivity contribution in [3.63, 3.8) is 0 Å². The lowest BCUT2D eigenvalue weighted by atomic mass is 10.0. The van der Waals surface area contributed by atoms with Crippen LogP contribution in [0.25, 0.3) is 0 Å². The number of imide groups is 1. The van der Waals surface area contributed by atoms with Crippen LogP contribution in [0.4, 0.5) is 0 Å². The predicted octanol–water partition coefficient (Wildman–Crippen LogP) is 1.93. The third-order valence-corrected chi connectivity index (χ3v) is 5.05. The van der Waals surface area contributed by atoms with E-state index in [0.717, 1.165) is 13.0 Å². The monoisotopic (exact) mass is 282 g/mol. The number of benzene rings is 1. The average molecular weight is 282 g/mol. The SMILES string of the molecule is CCN1[C@H]2C=C[C@H](C2)[C@@H]1CN1C(=O)c2ccccc2C1=O. The lowest BCUT2D eigenvalue weighted by Gasteiger charge is -2.33. The molecule has 3 atom stereocenters. The van der Waals surface area contributed by atoms with Crippen LogP contribution < -0.4 is 0 Å². The second-order valence-electron chi connectivity index (χ2n) is 6.02. The maximum absolute atomic E-state index is 12.5. The summed E-state index contributed by atoms with van der Waals surface area (Å²) in [5.74, 6) is 0.191. The van der Waals surface area contributed by atoms with Crippen molar-refractivity contribution in [1.29, 1.82) is 0 Å². The normalized spacial score (nSPS) is 30.5. The number of likely N-dealkylation sites (N-methyl/N-ethyl adjacent to an activating group) is 1. The van der Waals surface area contributed by atoms with Crippen molar-refractivity contribution in [2.75, 3.05) is 13.1 Å². The van der Waals surface area contributed by atoms with E-state index < -0.39 is 0 Å². The Morgan fingerprint density at radius 2 is 1.76 bits per heavy atom. The maximum Gasteiger partial charge on any atom is 0.261 e. The van der Waals surface area contributed by atoms with Gasteiger partial charge in [-0.2, -0.15) is 0 Å². The highest BCUT2D eigenvalue weighted by Crippen LogP contribution is 2.38. The van der Waals surface area contributed by atoms with Crippen LogP contribution >= 0.6 is 0 Å². The first-order valence-corrected chi connectivity index (χ1v) is 7.60. The minimum absolute atomic E-state index is 0.140. The first-order valence-electron chi connectivity index (χ1n) is 7.60. The van der Waals surface area contributed by atoms with Gasteiger partial charge in [0.05, 0.1) is 11.1 Å². The molecule has 0 aromatic heterocycles. The van der Waals surface area contributed by atoms with E-state index in [9.17, 15) is 9.59 Å². The van der Waals surface area contributed by atoms with Gasteiger partial charge in [-0.05, 0) is 31.0 Å². The lowest BCUT2D eigenvalue weighted by molar-refractivity contribution is 0.0590. The lowest BCUT2D eigenvalue weighted by Crippen LogP contribution is -2.47. The molecule has 1 saturated heterocycles. The summed E-state index contributed by atoms with van der Waals surface area (Å²) in [5, 5.41) is 0. The molecule has 2 aliphatic heterocycles. The topological polar surface area (TPSA) is 40.6 Å². The molecule has 3 aliphatic rings. The molecule has 2 bridgehead atoms. The smallest absolute Gasteiger partial charge is 0.261 e. The van der Waals surface area contributed by atoms with Crippen LogP contribution in [-0.2, 0) is 0 Å². The molecule has 0 unspecified atom stereocenters.